The van der Waals surface area contributed by atoms with Gasteiger partial charge in [-0.3, -0.25) is 9.69 Å². The molecule has 8 heteroatoms. The molecule has 0 radical (unpaired) electrons. The number of carbonyl (C=O) groups is 1. The molecule has 0 aliphatic heterocycles. The molecule has 0 saturated heterocycles. The summed E-state index contributed by atoms with van der Waals surface area (Å²) in [6.07, 6.45) is 2.03. The molecule has 1 aromatic heterocycles. The van der Waals surface area contributed by atoms with E-state index in [1.807, 2.05) is 62.8 Å². The van der Waals surface area contributed by atoms with Crippen molar-refractivity contribution in [1.29, 1.82) is 0 Å². The Balaban J connectivity index is 0.00000261. The minimum atomic E-state index is -0.0161. The fourth-order valence-electron chi connectivity index (χ4n) is 2.48. The monoisotopic (exact) mass is 485 g/mol. The highest BCUT2D eigenvalue weighted by Gasteiger charge is 2.21. The molecule has 1 amide bonds. The molecule has 0 saturated carbocycles. The van der Waals surface area contributed by atoms with E-state index in [1.165, 1.54) is 0 Å². The molecular weight excluding hydrogens is 466 g/mol. The van der Waals surface area contributed by atoms with Gasteiger partial charge in [0.1, 0.15) is 0 Å². The smallest absolute Gasteiger partial charge is 0.260 e. The number of thiazole rings is 1. The molecule has 0 fully saturated rings. The summed E-state index contributed by atoms with van der Waals surface area (Å²) in [7, 11) is 4.01. The zero-order chi connectivity index (χ0) is 18.7. The van der Waals surface area contributed by atoms with Gasteiger partial charge in [-0.15, -0.1) is 24.2 Å². The molecule has 3 aromatic rings. The van der Waals surface area contributed by atoms with Crippen LogP contribution in [0.25, 0.3) is 10.2 Å². The second-order valence-electron chi connectivity index (χ2n) is 6.10. The Morgan fingerprint density at radius 1 is 1.15 bits per heavy atom. The van der Waals surface area contributed by atoms with Crippen molar-refractivity contribution in [3.05, 3.63) is 52.5 Å². The van der Waals surface area contributed by atoms with E-state index in [-0.39, 0.29) is 18.3 Å². The van der Waals surface area contributed by atoms with Gasteiger partial charge in [0.15, 0.2) is 5.13 Å². The number of halogens is 2. The molecule has 0 atom stereocenters. The summed E-state index contributed by atoms with van der Waals surface area (Å²) < 4.78 is 2.08. The van der Waals surface area contributed by atoms with Crippen LogP contribution in [0, 0.1) is 0 Å². The number of hydrogen-bond acceptors (Lipinski definition) is 5. The zero-order valence-electron chi connectivity index (χ0n) is 15.3. The van der Waals surface area contributed by atoms with Gasteiger partial charge >= 0.3 is 0 Å². The Bertz CT molecular complexity index is 915. The Kier molecular flexibility index (Phi) is 8.12. The molecule has 144 valence electrons. The van der Waals surface area contributed by atoms with Gasteiger partial charge in [-0.25, -0.2) is 4.98 Å². The predicted molar refractivity (Wildman–Crippen MR) is 123 cm³/mol. The van der Waals surface area contributed by atoms with Crippen molar-refractivity contribution in [3.8, 4) is 0 Å². The highest BCUT2D eigenvalue weighted by Crippen LogP contribution is 2.31. The minimum Gasteiger partial charge on any atom is -0.308 e. The van der Waals surface area contributed by atoms with Crippen molar-refractivity contribution >= 4 is 72.7 Å². The van der Waals surface area contributed by atoms with Crippen molar-refractivity contribution < 1.29 is 4.79 Å². The fourth-order valence-corrected chi connectivity index (χ4v) is 4.43. The summed E-state index contributed by atoms with van der Waals surface area (Å²) in [5.41, 5.74) is 1.59. The molecule has 0 unspecified atom stereocenters. The number of thioether (sulfide) groups is 1. The van der Waals surface area contributed by atoms with Crippen LogP contribution in [0.3, 0.4) is 0 Å². The number of fused-ring (bicyclic) bond motifs is 1. The van der Waals surface area contributed by atoms with Gasteiger partial charge in [0.05, 0.1) is 10.2 Å². The number of nitrogens with zero attached hydrogens (tertiary/aromatic N) is 3. The lowest BCUT2D eigenvalue weighted by molar-refractivity contribution is 0.0985. The average molecular weight is 487 g/mol. The van der Waals surface area contributed by atoms with Crippen molar-refractivity contribution in [2.75, 3.05) is 38.3 Å². The standard InChI is InChI=1S/C19H20BrN3OS2.ClH/c1-22(2)10-11-23(18(24)13-4-7-15(25-3)8-5-13)19-21-16-9-6-14(20)12-17(16)26-19;/h4-9,12H,10-11H2,1-3H3;1H. The third-order valence-corrected chi connectivity index (χ3v) is 6.20. The lowest BCUT2D eigenvalue weighted by Gasteiger charge is -2.22. The van der Waals surface area contributed by atoms with E-state index >= 15 is 0 Å². The van der Waals surface area contributed by atoms with Gasteiger partial charge in [0.25, 0.3) is 5.91 Å². The van der Waals surface area contributed by atoms with Gasteiger partial charge in [-0.2, -0.15) is 0 Å². The maximum atomic E-state index is 13.2. The van der Waals surface area contributed by atoms with Crippen LogP contribution >= 0.6 is 51.4 Å². The van der Waals surface area contributed by atoms with Crippen LogP contribution in [0.5, 0.6) is 0 Å². The lowest BCUT2D eigenvalue weighted by atomic mass is 10.2. The zero-order valence-corrected chi connectivity index (χ0v) is 19.3. The SMILES string of the molecule is CSc1ccc(C(=O)N(CCN(C)C)c2nc3ccc(Br)cc3s2)cc1.Cl. The molecule has 1 heterocycles. The van der Waals surface area contributed by atoms with Crippen LogP contribution in [0.1, 0.15) is 10.4 Å². The van der Waals surface area contributed by atoms with Gasteiger partial charge in [0, 0.05) is 28.0 Å². The summed E-state index contributed by atoms with van der Waals surface area (Å²) in [6.45, 7) is 1.37. The van der Waals surface area contributed by atoms with E-state index in [0.29, 0.717) is 12.1 Å². The molecule has 0 spiro atoms. The quantitative estimate of drug-likeness (QED) is 0.436. The average Bonchev–Trinajstić information content (AvgIpc) is 3.04. The van der Waals surface area contributed by atoms with Crippen LogP contribution < -0.4 is 4.90 Å². The molecule has 3 rings (SSSR count). The molecular formula is C19H21BrClN3OS2. The van der Waals surface area contributed by atoms with Gasteiger partial charge < -0.3 is 4.90 Å². The predicted octanol–water partition coefficient (Wildman–Crippen LogP) is 5.41. The molecule has 0 aliphatic rings. The molecule has 0 bridgehead atoms. The van der Waals surface area contributed by atoms with E-state index in [9.17, 15) is 4.79 Å². The first-order chi connectivity index (χ1) is 12.5. The van der Waals surface area contributed by atoms with Crippen LogP contribution in [-0.2, 0) is 0 Å². The van der Waals surface area contributed by atoms with Crippen molar-refractivity contribution in [2.24, 2.45) is 0 Å². The summed E-state index contributed by atoms with van der Waals surface area (Å²) >= 11 is 6.71. The number of amides is 1. The number of likely N-dealkylation sites (N-methyl/N-ethyl adjacent to an activating group) is 1. The minimum absolute atomic E-state index is 0. The van der Waals surface area contributed by atoms with Gasteiger partial charge in [0.2, 0.25) is 0 Å². The number of anilines is 1. The highest BCUT2D eigenvalue weighted by molar-refractivity contribution is 9.10. The second kappa shape index (κ2) is 9.89. The van der Waals surface area contributed by atoms with Crippen LogP contribution in [-0.4, -0.2) is 49.2 Å². The number of rotatable bonds is 6. The molecule has 0 N–H and O–H groups in total. The first-order valence-corrected chi connectivity index (χ1v) is 11.0. The Hall–Kier alpha value is -1.12. The number of aromatic nitrogens is 1. The summed E-state index contributed by atoms with van der Waals surface area (Å²) in [4.78, 5) is 22.9. The maximum absolute atomic E-state index is 13.2. The van der Waals surface area contributed by atoms with Crippen molar-refractivity contribution in [1.82, 2.24) is 9.88 Å². The number of hydrogen-bond donors (Lipinski definition) is 0. The molecule has 0 aliphatic carbocycles. The summed E-state index contributed by atoms with van der Waals surface area (Å²) in [5.74, 6) is -0.0161. The Morgan fingerprint density at radius 2 is 1.85 bits per heavy atom. The normalized spacial score (nSPS) is 10.9. The topological polar surface area (TPSA) is 36.4 Å². The maximum Gasteiger partial charge on any atom is 0.260 e. The van der Waals surface area contributed by atoms with E-state index < -0.39 is 0 Å². The van der Waals surface area contributed by atoms with Crippen LogP contribution in [0.15, 0.2) is 51.8 Å². The van der Waals surface area contributed by atoms with E-state index in [2.05, 4.69) is 20.8 Å². The van der Waals surface area contributed by atoms with Crippen LogP contribution in [0.4, 0.5) is 5.13 Å². The molecule has 4 nitrogen and oxygen atoms in total. The van der Waals surface area contributed by atoms with E-state index in [0.717, 1.165) is 31.3 Å². The number of carbonyl (C=O) groups excluding carboxylic acids is 1. The first-order valence-electron chi connectivity index (χ1n) is 8.14. The summed E-state index contributed by atoms with van der Waals surface area (Å²) in [5, 5.41) is 0.735. The largest absolute Gasteiger partial charge is 0.308 e. The summed E-state index contributed by atoms with van der Waals surface area (Å²) in [6, 6.07) is 13.7. The highest BCUT2D eigenvalue weighted by atomic mass is 79.9. The van der Waals surface area contributed by atoms with Crippen molar-refractivity contribution in [3.63, 3.8) is 0 Å². The molecule has 27 heavy (non-hydrogen) atoms. The third-order valence-electron chi connectivity index (χ3n) is 3.92. The third kappa shape index (κ3) is 5.45. The number of benzene rings is 2. The Morgan fingerprint density at radius 3 is 2.48 bits per heavy atom. The van der Waals surface area contributed by atoms with E-state index in [4.69, 9.17) is 4.98 Å². The molecule has 2 aromatic carbocycles. The lowest BCUT2D eigenvalue weighted by Crippen LogP contribution is -2.36. The van der Waals surface area contributed by atoms with Gasteiger partial charge in [-0.05, 0) is 62.8 Å². The second-order valence-corrected chi connectivity index (χ2v) is 8.90. The Labute approximate surface area is 182 Å². The fraction of sp³-hybridized carbons (Fsp3) is 0.263. The van der Waals surface area contributed by atoms with Crippen LogP contribution in [0.2, 0.25) is 0 Å². The first kappa shape index (κ1) is 22.2. The van der Waals surface area contributed by atoms with Gasteiger partial charge in [-0.1, -0.05) is 27.3 Å². The van der Waals surface area contributed by atoms with E-state index in [1.54, 1.807) is 28.0 Å². The van der Waals surface area contributed by atoms with Crippen molar-refractivity contribution in [2.45, 2.75) is 4.90 Å².